The van der Waals surface area contributed by atoms with Gasteiger partial charge in [-0.15, -0.1) is 0 Å². The molecule has 1 aromatic rings. The molecule has 3 rings (SSSR count). The number of hydrogen-bond donors (Lipinski definition) is 1. The van der Waals surface area contributed by atoms with Crippen molar-refractivity contribution in [1.29, 1.82) is 0 Å². The van der Waals surface area contributed by atoms with Gasteiger partial charge in [0.25, 0.3) is 0 Å². The second kappa shape index (κ2) is 6.03. The van der Waals surface area contributed by atoms with Crippen LogP contribution >= 0.6 is 23.2 Å². The van der Waals surface area contributed by atoms with E-state index < -0.39 is 11.6 Å². The number of hydrogen-bond acceptors (Lipinski definition) is 3. The zero-order valence-corrected chi connectivity index (χ0v) is 15.9. The van der Waals surface area contributed by atoms with Gasteiger partial charge < -0.3 is 9.84 Å². The first-order valence-corrected chi connectivity index (χ1v) is 9.05. The van der Waals surface area contributed by atoms with Crippen LogP contribution in [0.15, 0.2) is 12.1 Å². The van der Waals surface area contributed by atoms with Gasteiger partial charge in [-0.05, 0) is 56.4 Å². The van der Waals surface area contributed by atoms with Crippen molar-refractivity contribution >= 4 is 40.5 Å². The molecule has 0 fully saturated rings. The SMILES string of the molecule is CCC12CCC(=O)C=C1c1c(cc(OC(C)(C)C(=O)O)c(Cl)c1Cl)C2. The maximum atomic E-state index is 12.0. The maximum Gasteiger partial charge on any atom is 0.347 e. The van der Waals surface area contributed by atoms with E-state index in [1.54, 1.807) is 12.1 Å². The summed E-state index contributed by atoms with van der Waals surface area (Å²) >= 11 is 12.9. The highest BCUT2D eigenvalue weighted by Crippen LogP contribution is 2.57. The minimum Gasteiger partial charge on any atom is -0.478 e. The second-order valence-corrected chi connectivity index (χ2v) is 8.05. The summed E-state index contributed by atoms with van der Waals surface area (Å²) in [5, 5.41) is 9.79. The fourth-order valence-corrected chi connectivity index (χ4v) is 4.24. The summed E-state index contributed by atoms with van der Waals surface area (Å²) in [6, 6.07) is 1.77. The van der Waals surface area contributed by atoms with Crippen LogP contribution in [0, 0.1) is 5.41 Å². The molecule has 0 saturated heterocycles. The second-order valence-electron chi connectivity index (χ2n) is 7.29. The topological polar surface area (TPSA) is 63.6 Å². The van der Waals surface area contributed by atoms with E-state index in [-0.39, 0.29) is 22.0 Å². The Labute approximate surface area is 156 Å². The Morgan fingerprint density at radius 2 is 2.04 bits per heavy atom. The fraction of sp³-hybridized carbons (Fsp3) is 0.474. The molecule has 2 aliphatic rings. The highest BCUT2D eigenvalue weighted by molar-refractivity contribution is 6.44. The number of ketones is 1. The third-order valence-corrected chi connectivity index (χ3v) is 6.19. The highest BCUT2D eigenvalue weighted by atomic mass is 35.5. The summed E-state index contributed by atoms with van der Waals surface area (Å²) in [5.74, 6) is -0.728. The third-order valence-electron chi connectivity index (χ3n) is 5.34. The Balaban J connectivity index is 2.13. The number of rotatable bonds is 4. The number of carboxylic acid groups (broad SMARTS) is 1. The molecule has 1 atom stereocenters. The molecule has 4 nitrogen and oxygen atoms in total. The fourth-order valence-electron chi connectivity index (χ4n) is 3.74. The van der Waals surface area contributed by atoms with E-state index in [0.29, 0.717) is 11.4 Å². The summed E-state index contributed by atoms with van der Waals surface area (Å²) in [6.45, 7) is 5.03. The van der Waals surface area contributed by atoms with Gasteiger partial charge in [-0.1, -0.05) is 30.1 Å². The zero-order chi connectivity index (χ0) is 18.6. The Morgan fingerprint density at radius 3 is 2.64 bits per heavy atom. The summed E-state index contributed by atoms with van der Waals surface area (Å²) in [4.78, 5) is 23.3. The van der Waals surface area contributed by atoms with Gasteiger partial charge in [-0.3, -0.25) is 4.79 Å². The Kier molecular flexibility index (Phi) is 4.41. The van der Waals surface area contributed by atoms with Crippen LogP contribution in [-0.2, 0) is 16.0 Å². The van der Waals surface area contributed by atoms with Crippen molar-refractivity contribution < 1.29 is 19.4 Å². The molecule has 134 valence electrons. The van der Waals surface area contributed by atoms with E-state index in [1.807, 2.05) is 0 Å². The van der Waals surface area contributed by atoms with Crippen molar-refractivity contribution in [2.24, 2.45) is 5.41 Å². The van der Waals surface area contributed by atoms with Crippen molar-refractivity contribution in [2.75, 3.05) is 0 Å². The Morgan fingerprint density at radius 1 is 1.36 bits per heavy atom. The van der Waals surface area contributed by atoms with Gasteiger partial charge in [0, 0.05) is 17.4 Å². The van der Waals surface area contributed by atoms with Crippen LogP contribution in [0.2, 0.25) is 10.0 Å². The molecule has 1 aromatic carbocycles. The van der Waals surface area contributed by atoms with Gasteiger partial charge in [-0.2, -0.15) is 0 Å². The molecule has 0 amide bonds. The lowest BCUT2D eigenvalue weighted by molar-refractivity contribution is -0.152. The van der Waals surface area contributed by atoms with Crippen LogP contribution in [-0.4, -0.2) is 22.5 Å². The van der Waals surface area contributed by atoms with E-state index in [1.165, 1.54) is 13.8 Å². The van der Waals surface area contributed by atoms with Crippen LogP contribution in [0.1, 0.15) is 51.2 Å². The minimum absolute atomic E-state index is 0.103. The van der Waals surface area contributed by atoms with Crippen molar-refractivity contribution in [3.8, 4) is 5.75 Å². The smallest absolute Gasteiger partial charge is 0.347 e. The maximum absolute atomic E-state index is 12.0. The van der Waals surface area contributed by atoms with E-state index in [0.717, 1.165) is 36.0 Å². The lowest BCUT2D eigenvalue weighted by Crippen LogP contribution is -2.38. The van der Waals surface area contributed by atoms with Gasteiger partial charge in [0.2, 0.25) is 0 Å². The lowest BCUT2D eigenvalue weighted by Gasteiger charge is -2.32. The molecule has 0 heterocycles. The van der Waals surface area contributed by atoms with E-state index in [4.69, 9.17) is 27.9 Å². The van der Waals surface area contributed by atoms with Crippen molar-refractivity contribution in [3.05, 3.63) is 33.3 Å². The van der Waals surface area contributed by atoms with Crippen LogP contribution < -0.4 is 4.74 Å². The largest absolute Gasteiger partial charge is 0.478 e. The van der Waals surface area contributed by atoms with Gasteiger partial charge in [0.1, 0.15) is 10.8 Å². The number of allylic oxidation sites excluding steroid dienone is 2. The molecule has 0 spiro atoms. The highest BCUT2D eigenvalue weighted by Gasteiger charge is 2.45. The molecular formula is C19H20Cl2O4. The number of halogens is 2. The minimum atomic E-state index is -1.43. The number of fused-ring (bicyclic) bond motifs is 3. The first-order chi connectivity index (χ1) is 11.6. The molecule has 6 heteroatoms. The van der Waals surface area contributed by atoms with E-state index in [9.17, 15) is 14.7 Å². The molecule has 0 bridgehead atoms. The molecule has 0 saturated carbocycles. The first kappa shape index (κ1) is 18.3. The van der Waals surface area contributed by atoms with Crippen LogP contribution in [0.25, 0.3) is 5.57 Å². The monoisotopic (exact) mass is 382 g/mol. The molecule has 25 heavy (non-hydrogen) atoms. The molecule has 0 radical (unpaired) electrons. The third kappa shape index (κ3) is 2.85. The molecule has 0 aromatic heterocycles. The summed E-state index contributed by atoms with van der Waals surface area (Å²) in [5.41, 5.74) is 1.18. The molecule has 2 aliphatic carbocycles. The van der Waals surface area contributed by atoms with E-state index >= 15 is 0 Å². The number of carbonyl (C=O) groups is 2. The molecular weight excluding hydrogens is 363 g/mol. The van der Waals surface area contributed by atoms with Crippen LogP contribution in [0.4, 0.5) is 0 Å². The van der Waals surface area contributed by atoms with Crippen LogP contribution in [0.5, 0.6) is 5.75 Å². The first-order valence-electron chi connectivity index (χ1n) is 8.30. The van der Waals surface area contributed by atoms with Crippen molar-refractivity contribution in [3.63, 3.8) is 0 Å². The average molecular weight is 383 g/mol. The number of benzene rings is 1. The summed E-state index contributed by atoms with van der Waals surface area (Å²) < 4.78 is 5.64. The quantitative estimate of drug-likeness (QED) is 0.801. The van der Waals surface area contributed by atoms with Gasteiger partial charge in [0.05, 0.1) is 5.02 Å². The summed E-state index contributed by atoms with van der Waals surface area (Å²) in [6.07, 6.45) is 4.66. The Hall–Kier alpha value is -1.52. The average Bonchev–Trinajstić information content (AvgIpc) is 2.86. The Bertz CT molecular complexity index is 810. The van der Waals surface area contributed by atoms with Gasteiger partial charge in [0.15, 0.2) is 11.4 Å². The summed E-state index contributed by atoms with van der Waals surface area (Å²) in [7, 11) is 0. The predicted octanol–water partition coefficient (Wildman–Crippen LogP) is 4.93. The normalized spacial score (nSPS) is 22.3. The number of ether oxygens (including phenoxy) is 1. The molecule has 1 N–H and O–H groups in total. The lowest BCUT2D eigenvalue weighted by atomic mass is 9.71. The van der Waals surface area contributed by atoms with Gasteiger partial charge in [-0.25, -0.2) is 4.79 Å². The number of carbonyl (C=O) groups excluding carboxylic acids is 1. The molecule has 1 unspecified atom stereocenters. The molecule has 0 aliphatic heterocycles. The van der Waals surface area contributed by atoms with Gasteiger partial charge >= 0.3 is 5.97 Å². The zero-order valence-electron chi connectivity index (χ0n) is 14.4. The number of carboxylic acids is 1. The van der Waals surface area contributed by atoms with Crippen LogP contribution in [0.3, 0.4) is 0 Å². The standard InChI is InChI=1S/C19H20Cl2O4/c1-4-19-6-5-11(22)8-12(19)14-10(9-19)7-13(15(20)16(14)21)25-18(2,3)17(23)24/h7-8H,4-6,9H2,1-3H3,(H,23,24). The predicted molar refractivity (Wildman–Crippen MR) is 97.5 cm³/mol. The number of aliphatic carboxylic acids is 1. The van der Waals surface area contributed by atoms with E-state index in [2.05, 4.69) is 6.92 Å². The van der Waals surface area contributed by atoms with Crippen molar-refractivity contribution in [1.82, 2.24) is 0 Å². The van der Waals surface area contributed by atoms with Crippen molar-refractivity contribution in [2.45, 2.75) is 52.1 Å².